The minimum Gasteiger partial charge on any atom is -0.296 e. The topological polar surface area (TPSA) is 17.3 Å². The lowest BCUT2D eigenvalue weighted by Crippen LogP contribution is -1.95. The first-order chi connectivity index (χ1) is 12.6. The Morgan fingerprint density at radius 3 is 2.58 bits per heavy atom. The second kappa shape index (κ2) is 6.71. The standard InChI is InChI=1S/C23H25FN2/c1-4-5-6-7-8-17-9-12-22-21(13-17)20-14-18(24)10-11-19(20)23-25-15(2)16(3)26(22)23/h9-14H,4-8H2,1-3H3. The van der Waals surface area contributed by atoms with E-state index in [9.17, 15) is 4.39 Å². The van der Waals surface area contributed by atoms with Gasteiger partial charge < -0.3 is 0 Å². The molecule has 134 valence electrons. The lowest BCUT2D eigenvalue weighted by molar-refractivity contribution is 0.630. The van der Waals surface area contributed by atoms with Crippen LogP contribution in [0.3, 0.4) is 0 Å². The van der Waals surface area contributed by atoms with E-state index in [1.54, 1.807) is 6.07 Å². The summed E-state index contributed by atoms with van der Waals surface area (Å²) in [5.74, 6) is -0.198. The molecule has 0 atom stereocenters. The molecule has 0 spiro atoms. The molecule has 3 heteroatoms. The van der Waals surface area contributed by atoms with Crippen molar-refractivity contribution in [1.29, 1.82) is 0 Å². The van der Waals surface area contributed by atoms with Gasteiger partial charge in [-0.3, -0.25) is 4.40 Å². The number of halogens is 1. The van der Waals surface area contributed by atoms with E-state index < -0.39 is 0 Å². The molecule has 2 aromatic heterocycles. The number of aryl methyl sites for hydroxylation is 3. The molecule has 0 aliphatic carbocycles. The third-order valence-electron chi connectivity index (χ3n) is 5.48. The van der Waals surface area contributed by atoms with E-state index >= 15 is 0 Å². The molecule has 0 aliphatic heterocycles. The summed E-state index contributed by atoms with van der Waals surface area (Å²) >= 11 is 0. The van der Waals surface area contributed by atoms with Gasteiger partial charge in [0.2, 0.25) is 0 Å². The number of unbranched alkanes of at least 4 members (excludes halogenated alkanes) is 3. The van der Waals surface area contributed by atoms with Gasteiger partial charge in [-0.1, -0.05) is 32.3 Å². The van der Waals surface area contributed by atoms with Gasteiger partial charge in [-0.15, -0.1) is 0 Å². The molecule has 4 rings (SSSR count). The Labute approximate surface area is 153 Å². The second-order valence-corrected chi connectivity index (χ2v) is 7.29. The smallest absolute Gasteiger partial charge is 0.145 e. The van der Waals surface area contributed by atoms with Crippen molar-refractivity contribution in [3.8, 4) is 0 Å². The first-order valence-corrected chi connectivity index (χ1v) is 9.59. The van der Waals surface area contributed by atoms with E-state index in [4.69, 9.17) is 4.98 Å². The van der Waals surface area contributed by atoms with E-state index in [0.29, 0.717) is 0 Å². The summed E-state index contributed by atoms with van der Waals surface area (Å²) in [5.41, 5.74) is 5.51. The molecule has 0 saturated heterocycles. The van der Waals surface area contributed by atoms with Crippen molar-refractivity contribution >= 4 is 27.3 Å². The predicted octanol–water partition coefficient (Wildman–Crippen LogP) is 6.52. The summed E-state index contributed by atoms with van der Waals surface area (Å²) in [4.78, 5) is 4.75. The zero-order valence-corrected chi connectivity index (χ0v) is 15.8. The first-order valence-electron chi connectivity index (χ1n) is 9.59. The van der Waals surface area contributed by atoms with Crippen molar-refractivity contribution in [2.75, 3.05) is 0 Å². The van der Waals surface area contributed by atoms with Crippen molar-refractivity contribution in [2.45, 2.75) is 52.9 Å². The van der Waals surface area contributed by atoms with Gasteiger partial charge in [-0.05, 0) is 68.0 Å². The normalized spacial score (nSPS) is 11.8. The van der Waals surface area contributed by atoms with E-state index in [2.05, 4.69) is 36.4 Å². The average Bonchev–Trinajstić information content (AvgIpc) is 2.94. The molecule has 0 radical (unpaired) electrons. The van der Waals surface area contributed by atoms with Crippen molar-refractivity contribution in [1.82, 2.24) is 9.38 Å². The summed E-state index contributed by atoms with van der Waals surface area (Å²) in [6.45, 7) is 6.37. The lowest BCUT2D eigenvalue weighted by Gasteiger charge is -2.11. The zero-order valence-electron chi connectivity index (χ0n) is 15.8. The summed E-state index contributed by atoms with van der Waals surface area (Å²) in [6, 6.07) is 11.7. The molecular formula is C23H25FN2. The number of fused-ring (bicyclic) bond motifs is 6. The average molecular weight is 348 g/mol. The first kappa shape index (κ1) is 17.0. The van der Waals surface area contributed by atoms with Gasteiger partial charge in [0.15, 0.2) is 0 Å². The van der Waals surface area contributed by atoms with Gasteiger partial charge in [0.25, 0.3) is 0 Å². The van der Waals surface area contributed by atoms with Crippen LogP contribution in [-0.2, 0) is 6.42 Å². The molecule has 0 fully saturated rings. The molecular weight excluding hydrogens is 323 g/mol. The molecule has 0 unspecified atom stereocenters. The van der Waals surface area contributed by atoms with E-state index in [-0.39, 0.29) is 5.82 Å². The Kier molecular flexibility index (Phi) is 4.39. The number of aromatic nitrogens is 2. The van der Waals surface area contributed by atoms with E-state index in [1.165, 1.54) is 37.3 Å². The minimum atomic E-state index is -0.198. The fourth-order valence-electron chi connectivity index (χ4n) is 3.93. The maximum absolute atomic E-state index is 14.0. The lowest BCUT2D eigenvalue weighted by atomic mass is 10.0. The van der Waals surface area contributed by atoms with Crippen LogP contribution < -0.4 is 0 Å². The number of hydrogen-bond acceptors (Lipinski definition) is 1. The molecule has 0 bridgehead atoms. The summed E-state index contributed by atoms with van der Waals surface area (Å²) in [6.07, 6.45) is 6.08. The molecule has 0 saturated carbocycles. The number of nitrogens with zero attached hydrogens (tertiary/aromatic N) is 2. The Hall–Kier alpha value is -2.42. The van der Waals surface area contributed by atoms with Crippen LogP contribution in [0, 0.1) is 19.7 Å². The van der Waals surface area contributed by atoms with Crippen molar-refractivity contribution in [3.05, 3.63) is 59.2 Å². The Morgan fingerprint density at radius 2 is 1.77 bits per heavy atom. The highest BCUT2D eigenvalue weighted by atomic mass is 19.1. The maximum Gasteiger partial charge on any atom is 0.145 e. The van der Waals surface area contributed by atoms with Crippen LogP contribution in [0.2, 0.25) is 0 Å². The largest absolute Gasteiger partial charge is 0.296 e. The molecule has 2 aromatic carbocycles. The minimum absolute atomic E-state index is 0.198. The summed E-state index contributed by atoms with van der Waals surface area (Å²) in [7, 11) is 0. The van der Waals surface area contributed by atoms with E-state index in [0.717, 1.165) is 45.1 Å². The molecule has 0 amide bonds. The molecule has 2 heterocycles. The highest BCUT2D eigenvalue weighted by molar-refractivity contribution is 6.12. The Balaban J connectivity index is 1.96. The maximum atomic E-state index is 14.0. The van der Waals surface area contributed by atoms with Gasteiger partial charge in [-0.25, -0.2) is 9.37 Å². The van der Waals surface area contributed by atoms with Crippen molar-refractivity contribution < 1.29 is 4.39 Å². The quantitative estimate of drug-likeness (QED) is 0.296. The number of rotatable bonds is 5. The second-order valence-electron chi connectivity index (χ2n) is 7.29. The van der Waals surface area contributed by atoms with Gasteiger partial charge in [0.1, 0.15) is 11.5 Å². The van der Waals surface area contributed by atoms with Crippen molar-refractivity contribution in [2.24, 2.45) is 0 Å². The molecule has 2 nitrogen and oxygen atoms in total. The van der Waals surface area contributed by atoms with Gasteiger partial charge >= 0.3 is 0 Å². The monoisotopic (exact) mass is 348 g/mol. The fraction of sp³-hybridized carbons (Fsp3) is 0.348. The van der Waals surface area contributed by atoms with Crippen LogP contribution in [0.15, 0.2) is 36.4 Å². The predicted molar refractivity (Wildman–Crippen MR) is 107 cm³/mol. The summed E-state index contributed by atoms with van der Waals surface area (Å²) < 4.78 is 16.2. The molecule has 0 aliphatic rings. The van der Waals surface area contributed by atoms with Crippen LogP contribution in [0.25, 0.3) is 27.3 Å². The number of hydrogen-bond donors (Lipinski definition) is 0. The highest BCUT2D eigenvalue weighted by Crippen LogP contribution is 2.32. The molecule has 26 heavy (non-hydrogen) atoms. The number of pyridine rings is 1. The van der Waals surface area contributed by atoms with Gasteiger partial charge in [0.05, 0.1) is 11.2 Å². The fourth-order valence-corrected chi connectivity index (χ4v) is 3.93. The van der Waals surface area contributed by atoms with Crippen molar-refractivity contribution in [3.63, 3.8) is 0 Å². The zero-order chi connectivity index (χ0) is 18.3. The third-order valence-corrected chi connectivity index (χ3v) is 5.48. The van der Waals surface area contributed by atoms with Crippen LogP contribution in [0.1, 0.15) is 49.6 Å². The highest BCUT2D eigenvalue weighted by Gasteiger charge is 2.14. The SMILES string of the molecule is CCCCCCc1ccc2c(c1)c1cc(F)ccc1c1nc(C)c(C)n21. The molecule has 4 aromatic rings. The molecule has 0 N–H and O–H groups in total. The van der Waals surface area contributed by atoms with Crippen LogP contribution >= 0.6 is 0 Å². The number of imidazole rings is 1. The summed E-state index contributed by atoms with van der Waals surface area (Å²) in [5, 5.41) is 3.08. The third kappa shape index (κ3) is 2.76. The van der Waals surface area contributed by atoms with E-state index in [1.807, 2.05) is 13.0 Å². The van der Waals surface area contributed by atoms with Crippen LogP contribution in [-0.4, -0.2) is 9.38 Å². The van der Waals surface area contributed by atoms with Crippen LogP contribution in [0.5, 0.6) is 0 Å². The Bertz CT molecular complexity index is 1110. The van der Waals surface area contributed by atoms with Gasteiger partial charge in [-0.2, -0.15) is 0 Å². The number of benzene rings is 2. The van der Waals surface area contributed by atoms with Gasteiger partial charge in [0, 0.05) is 16.5 Å². The van der Waals surface area contributed by atoms with Crippen LogP contribution in [0.4, 0.5) is 4.39 Å². The Morgan fingerprint density at radius 1 is 0.923 bits per heavy atom.